The molecule has 0 atom stereocenters. The molecule has 2 aromatic rings. The van der Waals surface area contributed by atoms with Gasteiger partial charge in [0.15, 0.2) is 0 Å². The van der Waals surface area contributed by atoms with E-state index >= 15 is 0 Å². The van der Waals surface area contributed by atoms with Crippen LogP contribution in [0.3, 0.4) is 0 Å². The standard InChI is InChI=1S/C15H18BNO2/c1-12-9-13(7-8-14(12)10-16(18)19)11-17-15-5-3-2-4-6-15/h2-9,17-19H,10-11H2,1H3. The summed E-state index contributed by atoms with van der Waals surface area (Å²) in [4.78, 5) is 0. The molecule has 4 heteroatoms. The minimum Gasteiger partial charge on any atom is -0.427 e. The molecule has 0 spiro atoms. The Balaban J connectivity index is 2.00. The van der Waals surface area contributed by atoms with Crippen molar-refractivity contribution >= 4 is 12.8 Å². The molecule has 0 heterocycles. The minimum absolute atomic E-state index is 0.276. The maximum Gasteiger partial charge on any atom is 0.456 e. The molecule has 3 N–H and O–H groups in total. The quantitative estimate of drug-likeness (QED) is 0.717. The molecule has 0 amide bonds. The highest BCUT2D eigenvalue weighted by Crippen LogP contribution is 2.14. The molecule has 0 aliphatic carbocycles. The zero-order chi connectivity index (χ0) is 13.7. The fourth-order valence-electron chi connectivity index (χ4n) is 2.05. The fraction of sp³-hybridized carbons (Fsp3) is 0.200. The Hall–Kier alpha value is -1.78. The number of benzene rings is 2. The lowest BCUT2D eigenvalue weighted by molar-refractivity contribution is 0.405. The topological polar surface area (TPSA) is 52.5 Å². The van der Waals surface area contributed by atoms with Crippen LogP contribution in [0, 0.1) is 6.92 Å². The van der Waals surface area contributed by atoms with E-state index in [0.29, 0.717) is 0 Å². The number of rotatable bonds is 5. The van der Waals surface area contributed by atoms with Crippen molar-refractivity contribution in [1.82, 2.24) is 0 Å². The van der Waals surface area contributed by atoms with Gasteiger partial charge in [-0.3, -0.25) is 0 Å². The molecular formula is C15H18BNO2. The summed E-state index contributed by atoms with van der Waals surface area (Å²) in [6.07, 6.45) is 0.276. The van der Waals surface area contributed by atoms with Gasteiger partial charge in [-0.1, -0.05) is 36.4 Å². The number of aryl methyl sites for hydroxylation is 1. The zero-order valence-electron chi connectivity index (χ0n) is 11.0. The summed E-state index contributed by atoms with van der Waals surface area (Å²) in [6.45, 7) is 2.75. The molecule has 3 nitrogen and oxygen atoms in total. The third-order valence-electron chi connectivity index (χ3n) is 3.08. The third-order valence-corrected chi connectivity index (χ3v) is 3.08. The van der Waals surface area contributed by atoms with Crippen LogP contribution in [-0.2, 0) is 12.9 Å². The van der Waals surface area contributed by atoms with Crippen LogP contribution < -0.4 is 5.32 Å². The van der Waals surface area contributed by atoms with E-state index in [1.165, 1.54) is 5.56 Å². The Morgan fingerprint density at radius 3 is 2.42 bits per heavy atom. The monoisotopic (exact) mass is 255 g/mol. The van der Waals surface area contributed by atoms with E-state index in [2.05, 4.69) is 11.4 Å². The summed E-state index contributed by atoms with van der Waals surface area (Å²) in [5, 5.41) is 21.3. The van der Waals surface area contributed by atoms with Crippen LogP contribution >= 0.6 is 0 Å². The first-order valence-electron chi connectivity index (χ1n) is 6.38. The number of hydrogen-bond donors (Lipinski definition) is 3. The highest BCUT2D eigenvalue weighted by Gasteiger charge is 2.10. The second-order valence-electron chi connectivity index (χ2n) is 4.67. The van der Waals surface area contributed by atoms with Crippen molar-refractivity contribution in [3.8, 4) is 0 Å². The highest BCUT2D eigenvalue weighted by atomic mass is 16.4. The Morgan fingerprint density at radius 1 is 1.05 bits per heavy atom. The smallest absolute Gasteiger partial charge is 0.427 e. The lowest BCUT2D eigenvalue weighted by atomic mass is 9.80. The lowest BCUT2D eigenvalue weighted by Crippen LogP contribution is -2.16. The normalized spacial score (nSPS) is 10.3. The van der Waals surface area contributed by atoms with Gasteiger partial charge in [0, 0.05) is 18.6 Å². The Labute approximate surface area is 114 Å². The van der Waals surface area contributed by atoms with Crippen LogP contribution in [0.4, 0.5) is 5.69 Å². The molecule has 2 rings (SSSR count). The van der Waals surface area contributed by atoms with Crippen LogP contribution in [-0.4, -0.2) is 17.2 Å². The number of hydrogen-bond acceptors (Lipinski definition) is 3. The summed E-state index contributed by atoms with van der Waals surface area (Å²) < 4.78 is 0. The van der Waals surface area contributed by atoms with Crippen molar-refractivity contribution in [3.63, 3.8) is 0 Å². The molecule has 98 valence electrons. The summed E-state index contributed by atoms with van der Waals surface area (Å²) in [6, 6.07) is 16.1. The molecule has 0 radical (unpaired) electrons. The van der Waals surface area contributed by atoms with Crippen molar-refractivity contribution < 1.29 is 10.0 Å². The summed E-state index contributed by atoms with van der Waals surface area (Å²) in [5.74, 6) is 0. The van der Waals surface area contributed by atoms with E-state index in [-0.39, 0.29) is 6.32 Å². The molecule has 0 unspecified atom stereocenters. The van der Waals surface area contributed by atoms with Crippen molar-refractivity contribution in [2.24, 2.45) is 0 Å². The second kappa shape index (κ2) is 6.41. The molecule has 0 aromatic heterocycles. The molecule has 0 saturated heterocycles. The first-order chi connectivity index (χ1) is 9.15. The largest absolute Gasteiger partial charge is 0.456 e. The van der Waals surface area contributed by atoms with Crippen LogP contribution in [0.15, 0.2) is 48.5 Å². The van der Waals surface area contributed by atoms with Crippen molar-refractivity contribution in [1.29, 1.82) is 0 Å². The first-order valence-corrected chi connectivity index (χ1v) is 6.38. The molecule has 2 aromatic carbocycles. The van der Waals surface area contributed by atoms with Crippen molar-refractivity contribution in [2.75, 3.05) is 5.32 Å². The maximum atomic E-state index is 8.99. The average molecular weight is 255 g/mol. The predicted octanol–water partition coefficient (Wildman–Crippen LogP) is 2.16. The third kappa shape index (κ3) is 4.12. The SMILES string of the molecule is Cc1cc(CNc2ccccc2)ccc1CB(O)O. The van der Waals surface area contributed by atoms with E-state index in [4.69, 9.17) is 10.0 Å². The van der Waals surface area contributed by atoms with E-state index in [1.807, 2.05) is 49.4 Å². The molecule has 0 fully saturated rings. The van der Waals surface area contributed by atoms with Crippen molar-refractivity contribution in [2.45, 2.75) is 19.8 Å². The number of nitrogens with one attached hydrogen (secondary N) is 1. The van der Waals surface area contributed by atoms with Gasteiger partial charge in [-0.25, -0.2) is 0 Å². The van der Waals surface area contributed by atoms with E-state index in [1.54, 1.807) is 0 Å². The van der Waals surface area contributed by atoms with Gasteiger partial charge < -0.3 is 15.4 Å². The van der Waals surface area contributed by atoms with Gasteiger partial charge in [0.2, 0.25) is 0 Å². The fourth-order valence-corrected chi connectivity index (χ4v) is 2.05. The molecule has 0 aliphatic heterocycles. The molecular weight excluding hydrogens is 237 g/mol. The first kappa shape index (κ1) is 13.7. The molecule has 0 bridgehead atoms. The second-order valence-corrected chi connectivity index (χ2v) is 4.67. The Kier molecular flexibility index (Phi) is 4.60. The molecule has 0 saturated carbocycles. The highest BCUT2D eigenvalue weighted by molar-refractivity contribution is 6.40. The number of para-hydroxylation sites is 1. The molecule has 0 aliphatic rings. The van der Waals surface area contributed by atoms with Gasteiger partial charge >= 0.3 is 7.12 Å². The van der Waals surface area contributed by atoms with Crippen LogP contribution in [0.25, 0.3) is 0 Å². The lowest BCUT2D eigenvalue weighted by Gasteiger charge is -2.10. The average Bonchev–Trinajstić information content (AvgIpc) is 2.40. The van der Waals surface area contributed by atoms with Gasteiger partial charge in [0.1, 0.15) is 0 Å². The van der Waals surface area contributed by atoms with E-state index in [0.717, 1.165) is 23.4 Å². The van der Waals surface area contributed by atoms with Gasteiger partial charge in [0.25, 0.3) is 0 Å². The maximum absolute atomic E-state index is 8.99. The van der Waals surface area contributed by atoms with E-state index in [9.17, 15) is 0 Å². The van der Waals surface area contributed by atoms with Crippen LogP contribution in [0.2, 0.25) is 0 Å². The zero-order valence-corrected chi connectivity index (χ0v) is 11.0. The van der Waals surface area contributed by atoms with Crippen molar-refractivity contribution in [3.05, 3.63) is 65.2 Å². The van der Waals surface area contributed by atoms with Crippen LogP contribution in [0.5, 0.6) is 0 Å². The van der Waals surface area contributed by atoms with Gasteiger partial charge in [-0.05, 0) is 35.7 Å². The Morgan fingerprint density at radius 2 is 1.79 bits per heavy atom. The number of anilines is 1. The van der Waals surface area contributed by atoms with Gasteiger partial charge in [-0.2, -0.15) is 0 Å². The molecule has 19 heavy (non-hydrogen) atoms. The van der Waals surface area contributed by atoms with Gasteiger partial charge in [-0.15, -0.1) is 0 Å². The van der Waals surface area contributed by atoms with Crippen LogP contribution in [0.1, 0.15) is 16.7 Å². The minimum atomic E-state index is -1.29. The Bertz CT molecular complexity index is 529. The predicted molar refractivity (Wildman–Crippen MR) is 78.8 cm³/mol. The van der Waals surface area contributed by atoms with E-state index < -0.39 is 7.12 Å². The summed E-state index contributed by atoms with van der Waals surface area (Å²) >= 11 is 0. The van der Waals surface area contributed by atoms with Gasteiger partial charge in [0.05, 0.1) is 0 Å². The summed E-state index contributed by atoms with van der Waals surface area (Å²) in [5.41, 5.74) is 4.33. The summed E-state index contributed by atoms with van der Waals surface area (Å²) in [7, 11) is -1.29.